The highest BCUT2D eigenvalue weighted by atomic mass is 16.4. The Labute approximate surface area is 166 Å². The average Bonchev–Trinajstić information content (AvgIpc) is 3.27. The fourth-order valence-electron chi connectivity index (χ4n) is 4.07. The van der Waals surface area contributed by atoms with Crippen LogP contribution in [0.5, 0.6) is 0 Å². The number of anilines is 1. The third-order valence-electron chi connectivity index (χ3n) is 5.38. The quantitative estimate of drug-likeness (QED) is 0.641. The molecule has 0 aliphatic carbocycles. The number of carbonyl (C=O) groups is 3. The molecule has 2 aliphatic heterocycles. The zero-order chi connectivity index (χ0) is 20.7. The van der Waals surface area contributed by atoms with E-state index in [0.717, 1.165) is 5.56 Å². The van der Waals surface area contributed by atoms with E-state index < -0.39 is 18.0 Å². The Hall–Kier alpha value is -3.39. The summed E-state index contributed by atoms with van der Waals surface area (Å²) in [5, 5.41) is 22.1. The van der Waals surface area contributed by atoms with E-state index in [1.54, 1.807) is 43.3 Å². The molecule has 2 aromatic rings. The maximum atomic E-state index is 12.3. The molecule has 0 radical (unpaired) electrons. The predicted molar refractivity (Wildman–Crippen MR) is 102 cm³/mol. The van der Waals surface area contributed by atoms with Gasteiger partial charge in [0.15, 0.2) is 5.88 Å². The van der Waals surface area contributed by atoms with Crippen LogP contribution in [0.3, 0.4) is 0 Å². The van der Waals surface area contributed by atoms with Crippen LogP contribution < -0.4 is 5.32 Å². The van der Waals surface area contributed by atoms with Gasteiger partial charge in [0.25, 0.3) is 0 Å². The van der Waals surface area contributed by atoms with Gasteiger partial charge in [0, 0.05) is 6.07 Å². The van der Waals surface area contributed by atoms with Crippen molar-refractivity contribution >= 4 is 29.2 Å². The summed E-state index contributed by atoms with van der Waals surface area (Å²) >= 11 is 0. The third-order valence-corrected chi connectivity index (χ3v) is 5.38. The molecule has 1 saturated heterocycles. The molecule has 0 unspecified atom stereocenters. The first-order valence-electron chi connectivity index (χ1n) is 9.27. The summed E-state index contributed by atoms with van der Waals surface area (Å²) in [4.78, 5) is 37.4. The monoisotopic (exact) mass is 396 g/mol. The molecule has 4 rings (SSSR count). The summed E-state index contributed by atoms with van der Waals surface area (Å²) in [6.45, 7) is 1.54. The summed E-state index contributed by atoms with van der Waals surface area (Å²) < 4.78 is 5.08. The van der Waals surface area contributed by atoms with Gasteiger partial charge in [-0.3, -0.25) is 14.9 Å². The van der Waals surface area contributed by atoms with Gasteiger partial charge in [0.05, 0.1) is 30.7 Å². The first-order chi connectivity index (χ1) is 13.9. The number of nitrogens with one attached hydrogen (secondary N) is 1. The SMILES string of the molecule is C[C@@H](O)[C@H]1C(=O)N2C(C(=O)O)=C(c3ccc(CC(=O)Nc4ccco4)cc3)C[C@H]12. The molecule has 3 N–H and O–H groups in total. The zero-order valence-electron chi connectivity index (χ0n) is 15.7. The van der Waals surface area contributed by atoms with Crippen LogP contribution in [0.1, 0.15) is 24.5 Å². The highest BCUT2D eigenvalue weighted by Crippen LogP contribution is 2.46. The van der Waals surface area contributed by atoms with Crippen molar-refractivity contribution < 1.29 is 29.0 Å². The fourth-order valence-corrected chi connectivity index (χ4v) is 4.07. The van der Waals surface area contributed by atoms with E-state index in [0.29, 0.717) is 23.4 Å². The number of carboxylic acid groups (broad SMARTS) is 1. The van der Waals surface area contributed by atoms with E-state index in [1.807, 2.05) is 0 Å². The van der Waals surface area contributed by atoms with E-state index in [-0.39, 0.29) is 30.0 Å². The Morgan fingerprint density at radius 2 is 2.00 bits per heavy atom. The molecule has 3 atom stereocenters. The summed E-state index contributed by atoms with van der Waals surface area (Å²) in [5.74, 6) is -1.96. The van der Waals surface area contributed by atoms with Crippen LogP contribution in [-0.4, -0.2) is 45.0 Å². The highest BCUT2D eigenvalue weighted by molar-refractivity contribution is 6.06. The number of hydrogen-bond acceptors (Lipinski definition) is 5. The van der Waals surface area contributed by atoms with Crippen molar-refractivity contribution in [3.63, 3.8) is 0 Å². The van der Waals surface area contributed by atoms with E-state index in [1.165, 1.54) is 11.2 Å². The normalized spacial score (nSPS) is 21.6. The van der Waals surface area contributed by atoms with Gasteiger partial charge in [-0.15, -0.1) is 0 Å². The molecular weight excluding hydrogens is 376 g/mol. The van der Waals surface area contributed by atoms with Crippen LogP contribution in [0, 0.1) is 5.92 Å². The number of β-lactam (4-membered cyclic amide) rings is 1. The molecule has 0 bridgehead atoms. The minimum absolute atomic E-state index is 0.0276. The maximum Gasteiger partial charge on any atom is 0.352 e. The molecule has 150 valence electrons. The number of rotatable bonds is 6. The molecule has 0 saturated carbocycles. The van der Waals surface area contributed by atoms with Gasteiger partial charge in [-0.1, -0.05) is 24.3 Å². The van der Waals surface area contributed by atoms with Crippen LogP contribution in [0.2, 0.25) is 0 Å². The summed E-state index contributed by atoms with van der Waals surface area (Å²) in [5.41, 5.74) is 1.98. The maximum absolute atomic E-state index is 12.3. The summed E-state index contributed by atoms with van der Waals surface area (Å²) in [6.07, 6.45) is 1.16. The molecule has 0 spiro atoms. The minimum Gasteiger partial charge on any atom is -0.477 e. The Morgan fingerprint density at radius 3 is 2.59 bits per heavy atom. The Balaban J connectivity index is 1.52. The van der Waals surface area contributed by atoms with Crippen molar-refractivity contribution in [1.82, 2.24) is 4.90 Å². The van der Waals surface area contributed by atoms with Crippen molar-refractivity contribution in [2.75, 3.05) is 5.32 Å². The molecule has 8 nitrogen and oxygen atoms in total. The number of fused-ring (bicyclic) bond motifs is 1. The van der Waals surface area contributed by atoms with Crippen molar-refractivity contribution in [3.05, 3.63) is 59.5 Å². The van der Waals surface area contributed by atoms with Gasteiger partial charge in [-0.05, 0) is 36.1 Å². The Morgan fingerprint density at radius 1 is 1.28 bits per heavy atom. The van der Waals surface area contributed by atoms with Crippen molar-refractivity contribution in [1.29, 1.82) is 0 Å². The van der Waals surface area contributed by atoms with E-state index >= 15 is 0 Å². The average molecular weight is 396 g/mol. The third kappa shape index (κ3) is 3.31. The number of benzene rings is 1. The number of hydrogen-bond donors (Lipinski definition) is 3. The fraction of sp³-hybridized carbons (Fsp3) is 0.286. The molecule has 3 heterocycles. The smallest absolute Gasteiger partial charge is 0.352 e. The summed E-state index contributed by atoms with van der Waals surface area (Å²) in [6, 6.07) is 10.0. The van der Waals surface area contributed by atoms with E-state index in [4.69, 9.17) is 4.42 Å². The standard InChI is InChI=1S/C21H20N2O6/c1-11(24)18-15-10-14(19(21(27)28)23(15)20(18)26)13-6-4-12(5-7-13)9-16(25)22-17-3-2-8-29-17/h2-8,11,15,18,24H,9-10H2,1H3,(H,22,25)(H,27,28)/t11-,15-,18-/m1/s1. The molecular formula is C21H20N2O6. The number of carbonyl (C=O) groups excluding carboxylic acids is 2. The van der Waals surface area contributed by atoms with Crippen LogP contribution in [0.4, 0.5) is 5.88 Å². The number of carboxylic acids is 1. The number of aliphatic hydroxyl groups excluding tert-OH is 1. The molecule has 1 aromatic heterocycles. The Bertz CT molecular complexity index is 991. The zero-order valence-corrected chi connectivity index (χ0v) is 15.7. The second-order valence-electron chi connectivity index (χ2n) is 7.28. The lowest BCUT2D eigenvalue weighted by molar-refractivity contribution is -0.161. The molecule has 1 aromatic carbocycles. The van der Waals surface area contributed by atoms with Crippen molar-refractivity contribution in [3.8, 4) is 0 Å². The largest absolute Gasteiger partial charge is 0.477 e. The van der Waals surface area contributed by atoms with Gasteiger partial charge in [0.1, 0.15) is 5.70 Å². The lowest BCUT2D eigenvalue weighted by Gasteiger charge is -2.44. The molecule has 29 heavy (non-hydrogen) atoms. The lowest BCUT2D eigenvalue weighted by Crippen LogP contribution is -2.61. The minimum atomic E-state index is -1.17. The van der Waals surface area contributed by atoms with Gasteiger partial charge in [-0.25, -0.2) is 4.79 Å². The number of nitrogens with zero attached hydrogens (tertiary/aromatic N) is 1. The van der Waals surface area contributed by atoms with Gasteiger partial charge in [-0.2, -0.15) is 0 Å². The lowest BCUT2D eigenvalue weighted by atomic mass is 9.82. The predicted octanol–water partition coefficient (Wildman–Crippen LogP) is 1.87. The number of amides is 2. The van der Waals surface area contributed by atoms with E-state index in [2.05, 4.69) is 5.32 Å². The molecule has 2 amide bonds. The van der Waals surface area contributed by atoms with Crippen molar-refractivity contribution in [2.45, 2.75) is 31.9 Å². The topological polar surface area (TPSA) is 120 Å². The van der Waals surface area contributed by atoms with E-state index in [9.17, 15) is 24.6 Å². The number of aliphatic hydroxyl groups is 1. The molecule has 8 heteroatoms. The first-order valence-corrected chi connectivity index (χ1v) is 9.27. The van der Waals surface area contributed by atoms with Crippen molar-refractivity contribution in [2.24, 2.45) is 5.92 Å². The van der Waals surface area contributed by atoms with Crippen LogP contribution in [0.25, 0.3) is 5.57 Å². The van der Waals surface area contributed by atoms with Gasteiger partial charge in [0.2, 0.25) is 11.8 Å². The van der Waals surface area contributed by atoms with Crippen LogP contribution in [0.15, 0.2) is 52.8 Å². The van der Waals surface area contributed by atoms with Crippen LogP contribution in [-0.2, 0) is 20.8 Å². The van der Waals surface area contributed by atoms with Crippen LogP contribution >= 0.6 is 0 Å². The second kappa shape index (κ2) is 7.21. The summed E-state index contributed by atoms with van der Waals surface area (Å²) in [7, 11) is 0. The molecule has 1 fully saturated rings. The van der Waals surface area contributed by atoms with Gasteiger partial charge < -0.3 is 19.5 Å². The number of furan rings is 1. The number of aliphatic carboxylic acids is 1. The Kier molecular flexibility index (Phi) is 4.71. The molecule has 2 aliphatic rings. The highest BCUT2D eigenvalue weighted by Gasteiger charge is 2.56. The van der Waals surface area contributed by atoms with Gasteiger partial charge >= 0.3 is 5.97 Å². The first kappa shape index (κ1) is 18.9. The second-order valence-corrected chi connectivity index (χ2v) is 7.28.